The van der Waals surface area contributed by atoms with Gasteiger partial charge in [0.2, 0.25) is 0 Å². The molecule has 0 amide bonds. The summed E-state index contributed by atoms with van der Waals surface area (Å²) in [4.78, 5) is 14.3. The van der Waals surface area contributed by atoms with Gasteiger partial charge in [0.1, 0.15) is 5.69 Å². The normalized spacial score (nSPS) is 12.1. The fraction of sp³-hybridized carbons (Fsp3) is 0.400. The van der Waals surface area contributed by atoms with Gasteiger partial charge in [0.25, 0.3) is 0 Å². The zero-order chi connectivity index (χ0) is 10.6. The maximum Gasteiger partial charge on any atom is 0.354 e. The molecule has 1 unspecified atom stereocenters. The molecule has 0 saturated heterocycles. The van der Waals surface area contributed by atoms with Gasteiger partial charge in [0.05, 0.1) is 11.9 Å². The van der Waals surface area contributed by atoms with E-state index in [1.807, 2.05) is 0 Å². The fourth-order valence-corrected chi connectivity index (χ4v) is 0.992. The van der Waals surface area contributed by atoms with Crippen LogP contribution in [0.3, 0.4) is 0 Å². The quantitative estimate of drug-likeness (QED) is 0.769. The van der Waals surface area contributed by atoms with Gasteiger partial charge < -0.3 is 10.4 Å². The molecule has 0 aromatic carbocycles. The molecule has 14 heavy (non-hydrogen) atoms. The van der Waals surface area contributed by atoms with Crippen molar-refractivity contribution < 1.29 is 9.90 Å². The SMILES string of the molecule is CCC(C)Nc1ccc(C(=O)O)nc1. The molecular weight excluding hydrogens is 180 g/mol. The Labute approximate surface area is 83.0 Å². The van der Waals surface area contributed by atoms with Crippen molar-refractivity contribution in [3.05, 3.63) is 24.0 Å². The molecule has 4 nitrogen and oxygen atoms in total. The van der Waals surface area contributed by atoms with E-state index in [0.717, 1.165) is 12.1 Å². The van der Waals surface area contributed by atoms with Gasteiger partial charge in [0.15, 0.2) is 0 Å². The van der Waals surface area contributed by atoms with Gasteiger partial charge in [-0.2, -0.15) is 0 Å². The van der Waals surface area contributed by atoms with Crippen LogP contribution in [0.4, 0.5) is 5.69 Å². The molecule has 1 aromatic heterocycles. The number of hydrogen-bond donors (Lipinski definition) is 2. The van der Waals surface area contributed by atoms with Crippen LogP contribution in [0.25, 0.3) is 0 Å². The van der Waals surface area contributed by atoms with Gasteiger partial charge >= 0.3 is 5.97 Å². The molecule has 2 N–H and O–H groups in total. The first-order chi connectivity index (χ1) is 6.63. The Morgan fingerprint density at radius 2 is 2.36 bits per heavy atom. The van der Waals surface area contributed by atoms with Crippen LogP contribution in [0, 0.1) is 0 Å². The molecule has 0 aliphatic rings. The highest BCUT2D eigenvalue weighted by molar-refractivity contribution is 5.85. The summed E-state index contributed by atoms with van der Waals surface area (Å²) in [6.45, 7) is 4.14. The summed E-state index contributed by atoms with van der Waals surface area (Å²) in [6.07, 6.45) is 2.55. The summed E-state index contributed by atoms with van der Waals surface area (Å²) in [6, 6.07) is 3.59. The minimum atomic E-state index is -1.000. The van der Waals surface area contributed by atoms with E-state index in [-0.39, 0.29) is 5.69 Å². The van der Waals surface area contributed by atoms with Crippen molar-refractivity contribution in [3.8, 4) is 0 Å². The van der Waals surface area contributed by atoms with Gasteiger partial charge in [-0.1, -0.05) is 6.92 Å². The molecule has 1 rings (SSSR count). The van der Waals surface area contributed by atoms with E-state index in [2.05, 4.69) is 24.1 Å². The molecule has 1 atom stereocenters. The van der Waals surface area contributed by atoms with E-state index in [1.54, 1.807) is 6.07 Å². The smallest absolute Gasteiger partial charge is 0.354 e. The van der Waals surface area contributed by atoms with Crippen molar-refractivity contribution in [2.24, 2.45) is 0 Å². The number of nitrogens with zero attached hydrogens (tertiary/aromatic N) is 1. The number of aromatic carboxylic acids is 1. The second-order valence-electron chi connectivity index (χ2n) is 3.19. The van der Waals surface area contributed by atoms with E-state index in [1.165, 1.54) is 12.3 Å². The zero-order valence-corrected chi connectivity index (χ0v) is 8.32. The average molecular weight is 194 g/mol. The number of carboxylic acids is 1. The van der Waals surface area contributed by atoms with Crippen molar-refractivity contribution >= 4 is 11.7 Å². The zero-order valence-electron chi connectivity index (χ0n) is 8.32. The molecule has 4 heteroatoms. The molecule has 0 radical (unpaired) electrons. The summed E-state index contributed by atoms with van der Waals surface area (Å²) >= 11 is 0. The number of pyridine rings is 1. The van der Waals surface area contributed by atoms with Gasteiger partial charge in [-0.25, -0.2) is 9.78 Å². The summed E-state index contributed by atoms with van der Waals surface area (Å²) < 4.78 is 0. The van der Waals surface area contributed by atoms with Crippen molar-refractivity contribution in [2.75, 3.05) is 5.32 Å². The summed E-state index contributed by atoms with van der Waals surface area (Å²) in [5.74, 6) is -1.000. The van der Waals surface area contributed by atoms with Crippen LogP contribution < -0.4 is 5.32 Å². The second-order valence-corrected chi connectivity index (χ2v) is 3.19. The highest BCUT2D eigenvalue weighted by atomic mass is 16.4. The van der Waals surface area contributed by atoms with E-state index in [9.17, 15) is 4.79 Å². The average Bonchev–Trinajstić information content (AvgIpc) is 2.18. The maximum absolute atomic E-state index is 10.5. The van der Waals surface area contributed by atoms with Gasteiger partial charge in [0, 0.05) is 6.04 Å². The topological polar surface area (TPSA) is 62.2 Å². The monoisotopic (exact) mass is 194 g/mol. The number of carbonyl (C=O) groups is 1. The lowest BCUT2D eigenvalue weighted by Gasteiger charge is -2.12. The predicted molar refractivity (Wildman–Crippen MR) is 54.6 cm³/mol. The first-order valence-corrected chi connectivity index (χ1v) is 4.59. The lowest BCUT2D eigenvalue weighted by atomic mass is 10.2. The molecule has 0 fully saturated rings. The van der Waals surface area contributed by atoms with Crippen LogP contribution in [0.5, 0.6) is 0 Å². The summed E-state index contributed by atoms with van der Waals surface area (Å²) in [7, 11) is 0. The minimum Gasteiger partial charge on any atom is -0.477 e. The number of hydrogen-bond acceptors (Lipinski definition) is 3. The molecule has 0 saturated carbocycles. The fourth-order valence-electron chi connectivity index (χ4n) is 0.992. The third kappa shape index (κ3) is 2.73. The Balaban J connectivity index is 2.68. The largest absolute Gasteiger partial charge is 0.477 e. The Morgan fingerprint density at radius 3 is 2.79 bits per heavy atom. The number of rotatable bonds is 4. The van der Waals surface area contributed by atoms with Crippen LogP contribution >= 0.6 is 0 Å². The van der Waals surface area contributed by atoms with Crippen LogP contribution in [0.1, 0.15) is 30.8 Å². The molecule has 1 heterocycles. The minimum absolute atomic E-state index is 0.0692. The first-order valence-electron chi connectivity index (χ1n) is 4.59. The lowest BCUT2D eigenvalue weighted by molar-refractivity contribution is 0.0690. The van der Waals surface area contributed by atoms with Gasteiger partial charge in [-0.05, 0) is 25.5 Å². The van der Waals surface area contributed by atoms with Crippen molar-refractivity contribution in [2.45, 2.75) is 26.3 Å². The standard InChI is InChI=1S/C10H14N2O2/c1-3-7(2)12-8-4-5-9(10(13)14)11-6-8/h4-7,12H,3H2,1-2H3,(H,13,14). The Kier molecular flexibility index (Phi) is 3.45. The molecule has 76 valence electrons. The van der Waals surface area contributed by atoms with E-state index in [4.69, 9.17) is 5.11 Å². The first kappa shape index (κ1) is 10.5. The Bertz CT molecular complexity index is 308. The van der Waals surface area contributed by atoms with Crippen LogP contribution in [0.15, 0.2) is 18.3 Å². The number of nitrogens with one attached hydrogen (secondary N) is 1. The molecule has 0 aliphatic heterocycles. The Hall–Kier alpha value is -1.58. The van der Waals surface area contributed by atoms with Crippen molar-refractivity contribution in [1.82, 2.24) is 4.98 Å². The van der Waals surface area contributed by atoms with E-state index < -0.39 is 5.97 Å². The molecule has 1 aromatic rings. The van der Waals surface area contributed by atoms with Crippen molar-refractivity contribution in [3.63, 3.8) is 0 Å². The second kappa shape index (κ2) is 4.60. The summed E-state index contributed by atoms with van der Waals surface area (Å²) in [5.41, 5.74) is 0.920. The highest BCUT2D eigenvalue weighted by Crippen LogP contribution is 2.08. The maximum atomic E-state index is 10.5. The van der Waals surface area contributed by atoms with Gasteiger partial charge in [-0.3, -0.25) is 0 Å². The number of anilines is 1. The van der Waals surface area contributed by atoms with Gasteiger partial charge in [-0.15, -0.1) is 0 Å². The van der Waals surface area contributed by atoms with Crippen LogP contribution in [0.2, 0.25) is 0 Å². The van der Waals surface area contributed by atoms with Crippen LogP contribution in [-0.2, 0) is 0 Å². The third-order valence-corrected chi connectivity index (χ3v) is 2.01. The summed E-state index contributed by atoms with van der Waals surface area (Å²) in [5, 5.41) is 11.8. The molecule has 0 bridgehead atoms. The van der Waals surface area contributed by atoms with Crippen LogP contribution in [-0.4, -0.2) is 22.1 Å². The molecule has 0 spiro atoms. The lowest BCUT2D eigenvalue weighted by Crippen LogP contribution is -2.13. The molecular formula is C10H14N2O2. The molecule has 0 aliphatic carbocycles. The Morgan fingerprint density at radius 1 is 1.64 bits per heavy atom. The van der Waals surface area contributed by atoms with Crippen molar-refractivity contribution in [1.29, 1.82) is 0 Å². The van der Waals surface area contributed by atoms with E-state index >= 15 is 0 Å². The van der Waals surface area contributed by atoms with E-state index in [0.29, 0.717) is 6.04 Å². The third-order valence-electron chi connectivity index (χ3n) is 2.01. The highest BCUT2D eigenvalue weighted by Gasteiger charge is 2.04. The predicted octanol–water partition coefficient (Wildman–Crippen LogP) is 1.99. The number of aromatic nitrogens is 1. The number of carboxylic acid groups (broad SMARTS) is 1.